The molecule has 1 aromatic heterocycles. The van der Waals surface area contributed by atoms with E-state index in [4.69, 9.17) is 16.3 Å². The number of hydrogen-bond donors (Lipinski definition) is 1. The number of fused-ring (bicyclic) bond motifs is 1. The monoisotopic (exact) mass is 348 g/mol. The van der Waals surface area contributed by atoms with Crippen LogP contribution in [-0.4, -0.2) is 9.97 Å². The number of ether oxygens (including phenoxy) is 1. The molecule has 124 valence electrons. The number of aromatic nitrogens is 2. The van der Waals surface area contributed by atoms with Crippen LogP contribution in [0.2, 0.25) is 5.02 Å². The van der Waals surface area contributed by atoms with Gasteiger partial charge in [-0.2, -0.15) is 0 Å². The fourth-order valence-electron chi connectivity index (χ4n) is 2.82. The van der Waals surface area contributed by atoms with Crippen LogP contribution in [0.25, 0.3) is 22.4 Å². The summed E-state index contributed by atoms with van der Waals surface area (Å²) in [6.45, 7) is 2.59. The van der Waals surface area contributed by atoms with Gasteiger partial charge in [-0.25, -0.2) is 4.98 Å². The number of hydrogen-bond acceptors (Lipinski definition) is 2. The molecule has 1 heterocycles. The van der Waals surface area contributed by atoms with Crippen LogP contribution in [0.15, 0.2) is 66.7 Å². The Morgan fingerprint density at radius 3 is 2.64 bits per heavy atom. The zero-order valence-electron chi connectivity index (χ0n) is 13.8. The van der Waals surface area contributed by atoms with Gasteiger partial charge in [-0.05, 0) is 48.4 Å². The minimum atomic E-state index is 0.502. The molecule has 0 spiro atoms. The summed E-state index contributed by atoms with van der Waals surface area (Å²) in [5.74, 6) is 1.51. The molecule has 0 radical (unpaired) electrons. The van der Waals surface area contributed by atoms with Crippen molar-refractivity contribution in [2.75, 3.05) is 0 Å². The van der Waals surface area contributed by atoms with Gasteiger partial charge >= 0.3 is 0 Å². The third kappa shape index (κ3) is 3.24. The van der Waals surface area contributed by atoms with E-state index >= 15 is 0 Å². The Morgan fingerprint density at radius 1 is 1.00 bits per heavy atom. The van der Waals surface area contributed by atoms with Gasteiger partial charge in [-0.1, -0.05) is 48.0 Å². The first-order valence-corrected chi connectivity index (χ1v) is 8.50. The summed E-state index contributed by atoms with van der Waals surface area (Å²) in [7, 11) is 0. The average Bonchev–Trinajstić information content (AvgIpc) is 3.06. The number of para-hydroxylation sites is 2. The van der Waals surface area contributed by atoms with Gasteiger partial charge in [0.1, 0.15) is 18.2 Å². The van der Waals surface area contributed by atoms with Crippen LogP contribution in [0, 0.1) is 6.92 Å². The van der Waals surface area contributed by atoms with Crippen LogP contribution in [-0.2, 0) is 6.61 Å². The molecule has 0 saturated heterocycles. The van der Waals surface area contributed by atoms with Crippen LogP contribution < -0.4 is 4.74 Å². The zero-order valence-corrected chi connectivity index (χ0v) is 14.5. The number of aryl methyl sites for hydroxylation is 1. The molecule has 4 heteroatoms. The maximum Gasteiger partial charge on any atom is 0.142 e. The lowest BCUT2D eigenvalue weighted by atomic mass is 10.1. The predicted molar refractivity (Wildman–Crippen MR) is 102 cm³/mol. The van der Waals surface area contributed by atoms with Gasteiger partial charge in [-0.15, -0.1) is 0 Å². The highest BCUT2D eigenvalue weighted by Gasteiger charge is 2.12. The van der Waals surface area contributed by atoms with E-state index in [9.17, 15) is 0 Å². The van der Waals surface area contributed by atoms with Crippen LogP contribution in [0.5, 0.6) is 5.75 Å². The second-order valence-corrected chi connectivity index (χ2v) is 6.39. The lowest BCUT2D eigenvalue weighted by molar-refractivity contribution is 0.306. The molecule has 25 heavy (non-hydrogen) atoms. The fraction of sp³-hybridized carbons (Fsp3) is 0.0952. The molecule has 0 aliphatic carbocycles. The summed E-state index contributed by atoms with van der Waals surface area (Å²) in [5.41, 5.74) is 5.14. The summed E-state index contributed by atoms with van der Waals surface area (Å²) in [6, 6.07) is 21.8. The first-order chi connectivity index (χ1) is 12.2. The Bertz CT molecular complexity index is 1010. The van der Waals surface area contributed by atoms with E-state index in [1.807, 2.05) is 54.6 Å². The second-order valence-electron chi connectivity index (χ2n) is 5.96. The SMILES string of the molecule is Cc1ccccc1COc1ccc(Cl)cc1-c1nc2ccccc2[nH]1. The molecule has 1 N–H and O–H groups in total. The number of rotatable bonds is 4. The maximum atomic E-state index is 6.21. The van der Waals surface area contributed by atoms with E-state index in [0.717, 1.165) is 33.7 Å². The molecule has 3 nitrogen and oxygen atoms in total. The van der Waals surface area contributed by atoms with Crippen molar-refractivity contribution in [3.05, 3.63) is 82.9 Å². The Labute approximate surface area is 151 Å². The Balaban J connectivity index is 1.70. The highest BCUT2D eigenvalue weighted by molar-refractivity contribution is 6.30. The smallest absolute Gasteiger partial charge is 0.142 e. The van der Waals surface area contributed by atoms with Crippen LogP contribution in [0.4, 0.5) is 0 Å². The third-order valence-corrected chi connectivity index (χ3v) is 4.47. The normalized spacial score (nSPS) is 11.0. The first kappa shape index (κ1) is 15.7. The first-order valence-electron chi connectivity index (χ1n) is 8.13. The van der Waals surface area contributed by atoms with Crippen molar-refractivity contribution in [2.24, 2.45) is 0 Å². The number of H-pyrrole nitrogens is 1. The summed E-state index contributed by atoms with van der Waals surface area (Å²) in [6.07, 6.45) is 0. The minimum absolute atomic E-state index is 0.502. The number of aromatic amines is 1. The number of imidazole rings is 1. The van der Waals surface area contributed by atoms with Gasteiger partial charge in [0.25, 0.3) is 0 Å². The van der Waals surface area contributed by atoms with Gasteiger partial charge in [0.2, 0.25) is 0 Å². The highest BCUT2D eigenvalue weighted by atomic mass is 35.5. The number of nitrogens with zero attached hydrogens (tertiary/aromatic N) is 1. The largest absolute Gasteiger partial charge is 0.488 e. The highest BCUT2D eigenvalue weighted by Crippen LogP contribution is 2.32. The van der Waals surface area contributed by atoms with Crippen molar-refractivity contribution in [3.8, 4) is 17.1 Å². The maximum absolute atomic E-state index is 6.21. The van der Waals surface area contributed by atoms with Crippen molar-refractivity contribution in [3.63, 3.8) is 0 Å². The molecule has 0 bridgehead atoms. The lowest BCUT2D eigenvalue weighted by Gasteiger charge is -2.12. The molecule has 3 aromatic carbocycles. The van der Waals surface area contributed by atoms with Gasteiger partial charge in [0.15, 0.2) is 0 Å². The minimum Gasteiger partial charge on any atom is -0.488 e. The predicted octanol–water partition coefficient (Wildman–Crippen LogP) is 5.77. The Kier molecular flexibility index (Phi) is 4.16. The molecule has 0 aliphatic heterocycles. The van der Waals surface area contributed by atoms with Crippen LogP contribution in [0.1, 0.15) is 11.1 Å². The number of nitrogens with one attached hydrogen (secondary N) is 1. The van der Waals surface area contributed by atoms with Crippen LogP contribution in [0.3, 0.4) is 0 Å². The summed E-state index contributed by atoms with van der Waals surface area (Å²) in [5, 5.41) is 0.652. The molecule has 4 rings (SSSR count). The molecule has 0 atom stereocenters. The van der Waals surface area contributed by atoms with E-state index < -0.39 is 0 Å². The van der Waals surface area contributed by atoms with E-state index in [0.29, 0.717) is 11.6 Å². The standard InChI is InChI=1S/C21H17ClN2O/c1-14-6-2-3-7-15(14)13-25-20-11-10-16(22)12-17(20)21-23-18-8-4-5-9-19(18)24-21/h2-12H,13H2,1H3,(H,23,24). The van der Waals surface area contributed by atoms with Crippen molar-refractivity contribution in [1.29, 1.82) is 0 Å². The van der Waals surface area contributed by atoms with Gasteiger partial charge in [-0.3, -0.25) is 0 Å². The fourth-order valence-corrected chi connectivity index (χ4v) is 2.99. The quantitative estimate of drug-likeness (QED) is 0.508. The zero-order chi connectivity index (χ0) is 17.2. The van der Waals surface area contributed by atoms with Gasteiger partial charge in [0, 0.05) is 5.02 Å². The Morgan fingerprint density at radius 2 is 1.80 bits per heavy atom. The molecule has 4 aromatic rings. The van der Waals surface area contributed by atoms with Gasteiger partial charge < -0.3 is 9.72 Å². The van der Waals surface area contributed by atoms with Crippen molar-refractivity contribution < 1.29 is 4.74 Å². The molecular weight excluding hydrogens is 332 g/mol. The molecule has 0 aliphatic rings. The van der Waals surface area contributed by atoms with E-state index in [2.05, 4.69) is 29.0 Å². The third-order valence-electron chi connectivity index (χ3n) is 4.23. The lowest BCUT2D eigenvalue weighted by Crippen LogP contribution is -1.99. The summed E-state index contributed by atoms with van der Waals surface area (Å²) in [4.78, 5) is 8.00. The van der Waals surface area contributed by atoms with E-state index in [-0.39, 0.29) is 0 Å². The summed E-state index contributed by atoms with van der Waals surface area (Å²) < 4.78 is 6.09. The van der Waals surface area contributed by atoms with Crippen LogP contribution >= 0.6 is 11.6 Å². The molecule has 0 fully saturated rings. The van der Waals surface area contributed by atoms with Crippen molar-refractivity contribution in [1.82, 2.24) is 9.97 Å². The molecule has 0 unspecified atom stereocenters. The summed E-state index contributed by atoms with van der Waals surface area (Å²) >= 11 is 6.21. The molecule has 0 amide bonds. The van der Waals surface area contributed by atoms with E-state index in [1.165, 1.54) is 5.56 Å². The van der Waals surface area contributed by atoms with Crippen molar-refractivity contribution >= 4 is 22.6 Å². The van der Waals surface area contributed by atoms with E-state index in [1.54, 1.807) is 0 Å². The number of benzene rings is 3. The second kappa shape index (κ2) is 6.61. The average molecular weight is 349 g/mol. The topological polar surface area (TPSA) is 37.9 Å². The Hall–Kier alpha value is -2.78. The molecule has 0 saturated carbocycles. The van der Waals surface area contributed by atoms with Gasteiger partial charge in [0.05, 0.1) is 16.6 Å². The number of halogens is 1. The molecular formula is C21H17ClN2O. The van der Waals surface area contributed by atoms with Crippen molar-refractivity contribution in [2.45, 2.75) is 13.5 Å².